The second-order valence-electron chi connectivity index (χ2n) is 3.13. The largest absolute Gasteiger partial charge is 0.270 e. The summed E-state index contributed by atoms with van der Waals surface area (Å²) in [5.74, 6) is -0.373. The average Bonchev–Trinajstić information content (AvgIpc) is 2.64. The molecule has 0 aliphatic heterocycles. The van der Waals surface area contributed by atoms with Crippen molar-refractivity contribution >= 4 is 5.91 Å². The molecule has 2 aromatic rings. The van der Waals surface area contributed by atoms with Crippen molar-refractivity contribution in [2.24, 2.45) is 0 Å². The Morgan fingerprint density at radius 3 is 2.73 bits per heavy atom. The van der Waals surface area contributed by atoms with Gasteiger partial charge in [-0.05, 0) is 19.1 Å². The predicted octanol–water partition coefficient (Wildman–Crippen LogP) is 2.02. The van der Waals surface area contributed by atoms with Gasteiger partial charge in [0.2, 0.25) is 0 Å². The van der Waals surface area contributed by atoms with E-state index in [0.29, 0.717) is 5.82 Å². The Morgan fingerprint density at radius 2 is 2.13 bits per heavy atom. The van der Waals surface area contributed by atoms with E-state index < -0.39 is 11.7 Å². The van der Waals surface area contributed by atoms with Gasteiger partial charge in [0.15, 0.2) is 0 Å². The monoisotopic (exact) mass is 204 g/mol. The van der Waals surface area contributed by atoms with Crippen LogP contribution in [-0.4, -0.2) is 15.5 Å². The topological polar surface area (TPSA) is 34.9 Å². The van der Waals surface area contributed by atoms with Crippen molar-refractivity contribution in [3.63, 3.8) is 0 Å². The van der Waals surface area contributed by atoms with Crippen molar-refractivity contribution in [1.82, 2.24) is 9.55 Å². The Labute approximate surface area is 86.2 Å². The quantitative estimate of drug-likeness (QED) is 0.712. The summed E-state index contributed by atoms with van der Waals surface area (Å²) >= 11 is 0. The molecular weight excluding hydrogens is 195 g/mol. The van der Waals surface area contributed by atoms with Gasteiger partial charge in [0.25, 0.3) is 5.91 Å². The minimum atomic E-state index is -0.518. The van der Waals surface area contributed by atoms with E-state index in [2.05, 4.69) is 4.98 Å². The minimum Gasteiger partial charge on any atom is -0.270 e. The molecule has 1 heterocycles. The van der Waals surface area contributed by atoms with Gasteiger partial charge in [0, 0.05) is 12.4 Å². The van der Waals surface area contributed by atoms with E-state index in [1.165, 1.54) is 29.1 Å². The smallest absolute Gasteiger partial charge is 0.266 e. The highest BCUT2D eigenvalue weighted by molar-refractivity contribution is 5.96. The van der Waals surface area contributed by atoms with Gasteiger partial charge in [-0.1, -0.05) is 12.1 Å². The van der Waals surface area contributed by atoms with Crippen LogP contribution in [0.2, 0.25) is 0 Å². The second kappa shape index (κ2) is 3.65. The van der Waals surface area contributed by atoms with Crippen LogP contribution >= 0.6 is 0 Å². The Kier molecular flexibility index (Phi) is 2.33. The van der Waals surface area contributed by atoms with E-state index in [1.54, 1.807) is 19.1 Å². The normalized spacial score (nSPS) is 10.3. The summed E-state index contributed by atoms with van der Waals surface area (Å²) in [6.07, 6.45) is 3.03. The molecule has 0 radical (unpaired) electrons. The van der Waals surface area contributed by atoms with Crippen LogP contribution in [0.25, 0.3) is 0 Å². The fraction of sp³-hybridized carbons (Fsp3) is 0.0909. The van der Waals surface area contributed by atoms with Crippen LogP contribution in [0.1, 0.15) is 16.2 Å². The fourth-order valence-corrected chi connectivity index (χ4v) is 1.36. The number of nitrogens with zero attached hydrogens (tertiary/aromatic N) is 2. The first-order valence-corrected chi connectivity index (χ1v) is 4.49. The van der Waals surface area contributed by atoms with E-state index in [1.807, 2.05) is 0 Å². The minimum absolute atomic E-state index is 0.0543. The zero-order valence-corrected chi connectivity index (χ0v) is 8.14. The summed E-state index contributed by atoms with van der Waals surface area (Å²) in [5.41, 5.74) is 0.0543. The van der Waals surface area contributed by atoms with Crippen LogP contribution in [-0.2, 0) is 0 Å². The van der Waals surface area contributed by atoms with Crippen LogP contribution in [0.3, 0.4) is 0 Å². The molecule has 76 valence electrons. The van der Waals surface area contributed by atoms with Gasteiger partial charge in [-0.2, -0.15) is 0 Å². The lowest BCUT2D eigenvalue weighted by Gasteiger charge is -2.04. The molecule has 3 nitrogen and oxygen atoms in total. The summed E-state index contributed by atoms with van der Waals surface area (Å²) in [6.45, 7) is 1.69. The first-order valence-electron chi connectivity index (χ1n) is 4.49. The Hall–Kier alpha value is -1.97. The number of rotatable bonds is 1. The molecule has 0 unspecified atom stereocenters. The van der Waals surface area contributed by atoms with Gasteiger partial charge >= 0.3 is 0 Å². The highest BCUT2D eigenvalue weighted by Crippen LogP contribution is 2.09. The Morgan fingerprint density at radius 1 is 1.40 bits per heavy atom. The molecule has 0 aliphatic carbocycles. The van der Waals surface area contributed by atoms with Gasteiger partial charge in [-0.25, -0.2) is 9.37 Å². The number of benzene rings is 1. The number of imidazole rings is 1. The molecule has 1 aromatic heterocycles. The maximum absolute atomic E-state index is 13.3. The zero-order chi connectivity index (χ0) is 10.8. The van der Waals surface area contributed by atoms with Crippen molar-refractivity contribution in [3.05, 3.63) is 53.9 Å². The zero-order valence-electron chi connectivity index (χ0n) is 8.14. The van der Waals surface area contributed by atoms with Crippen LogP contribution in [0.15, 0.2) is 36.7 Å². The van der Waals surface area contributed by atoms with Gasteiger partial charge in [0.1, 0.15) is 11.6 Å². The molecule has 0 bridgehead atoms. The van der Waals surface area contributed by atoms with E-state index in [4.69, 9.17) is 0 Å². The van der Waals surface area contributed by atoms with E-state index in [-0.39, 0.29) is 5.56 Å². The molecule has 0 saturated heterocycles. The molecule has 0 aliphatic rings. The molecular formula is C11H9FN2O. The average molecular weight is 204 g/mol. The summed E-state index contributed by atoms with van der Waals surface area (Å²) in [6, 6.07) is 5.89. The molecule has 1 aromatic carbocycles. The number of hydrogen-bond acceptors (Lipinski definition) is 2. The van der Waals surface area contributed by atoms with Crippen LogP contribution in [0, 0.1) is 12.7 Å². The third-order valence-corrected chi connectivity index (χ3v) is 2.15. The van der Waals surface area contributed by atoms with Crippen LogP contribution in [0.4, 0.5) is 4.39 Å². The van der Waals surface area contributed by atoms with Gasteiger partial charge in [-0.3, -0.25) is 9.36 Å². The van der Waals surface area contributed by atoms with E-state index >= 15 is 0 Å². The molecule has 15 heavy (non-hydrogen) atoms. The van der Waals surface area contributed by atoms with Crippen LogP contribution in [0.5, 0.6) is 0 Å². The van der Waals surface area contributed by atoms with Crippen molar-refractivity contribution < 1.29 is 9.18 Å². The SMILES string of the molecule is Cc1nccn1C(=O)c1ccccc1F. The maximum atomic E-state index is 13.3. The summed E-state index contributed by atoms with van der Waals surface area (Å²) in [7, 11) is 0. The highest BCUT2D eigenvalue weighted by atomic mass is 19.1. The molecule has 0 atom stereocenters. The second-order valence-corrected chi connectivity index (χ2v) is 3.13. The first kappa shape index (κ1) is 9.58. The van der Waals surface area contributed by atoms with Crippen molar-refractivity contribution in [2.75, 3.05) is 0 Å². The molecule has 0 amide bonds. The fourth-order valence-electron chi connectivity index (χ4n) is 1.36. The lowest BCUT2D eigenvalue weighted by atomic mass is 10.2. The number of halogens is 1. The van der Waals surface area contributed by atoms with E-state index in [0.717, 1.165) is 0 Å². The lowest BCUT2D eigenvalue weighted by molar-refractivity contribution is 0.0953. The predicted molar refractivity (Wildman–Crippen MR) is 53.1 cm³/mol. The standard InChI is InChI=1S/C11H9FN2O/c1-8-13-6-7-14(8)11(15)9-4-2-3-5-10(9)12/h2-7H,1H3. The van der Waals surface area contributed by atoms with E-state index in [9.17, 15) is 9.18 Å². The van der Waals surface area contributed by atoms with Gasteiger partial charge in [-0.15, -0.1) is 0 Å². The Bertz CT molecular complexity index is 505. The molecule has 0 spiro atoms. The molecule has 0 N–H and O–H groups in total. The summed E-state index contributed by atoms with van der Waals surface area (Å²) in [4.78, 5) is 15.7. The number of aryl methyl sites for hydroxylation is 1. The Balaban J connectivity index is 2.46. The maximum Gasteiger partial charge on any atom is 0.266 e. The first-order chi connectivity index (χ1) is 7.20. The molecule has 0 saturated carbocycles. The molecule has 4 heteroatoms. The third-order valence-electron chi connectivity index (χ3n) is 2.15. The number of carbonyl (C=O) groups is 1. The number of carbonyl (C=O) groups excluding carboxylic acids is 1. The number of aromatic nitrogens is 2. The van der Waals surface area contributed by atoms with Gasteiger partial charge in [0.05, 0.1) is 5.56 Å². The van der Waals surface area contributed by atoms with Crippen molar-refractivity contribution in [2.45, 2.75) is 6.92 Å². The van der Waals surface area contributed by atoms with Crippen molar-refractivity contribution in [3.8, 4) is 0 Å². The number of hydrogen-bond donors (Lipinski definition) is 0. The van der Waals surface area contributed by atoms with Gasteiger partial charge < -0.3 is 0 Å². The summed E-state index contributed by atoms with van der Waals surface area (Å²) in [5, 5.41) is 0. The van der Waals surface area contributed by atoms with Crippen molar-refractivity contribution in [1.29, 1.82) is 0 Å². The third kappa shape index (κ3) is 1.66. The van der Waals surface area contributed by atoms with Crippen LogP contribution < -0.4 is 0 Å². The molecule has 0 fully saturated rings. The summed E-state index contributed by atoms with van der Waals surface area (Å²) < 4.78 is 14.6. The highest BCUT2D eigenvalue weighted by Gasteiger charge is 2.13. The lowest BCUT2D eigenvalue weighted by Crippen LogP contribution is -2.14. The molecule has 2 rings (SSSR count).